The van der Waals surface area contributed by atoms with Crippen LogP contribution in [0.1, 0.15) is 10.4 Å². The van der Waals surface area contributed by atoms with Crippen molar-refractivity contribution in [2.45, 2.75) is 0 Å². The van der Waals surface area contributed by atoms with Crippen LogP contribution in [-0.4, -0.2) is 18.8 Å². The van der Waals surface area contributed by atoms with Gasteiger partial charge in [0.25, 0.3) is 0 Å². The topological polar surface area (TPSA) is 55.4 Å². The van der Waals surface area contributed by atoms with Gasteiger partial charge in [0.05, 0.1) is 12.1 Å². The summed E-state index contributed by atoms with van der Waals surface area (Å²) >= 11 is 9.28. The van der Waals surface area contributed by atoms with Gasteiger partial charge in [-0.05, 0) is 48.5 Å². The molecule has 1 N–H and O–H groups in total. The largest absolute Gasteiger partial charge is 0.495 e. The lowest BCUT2D eigenvalue weighted by atomic mass is 10.1. The van der Waals surface area contributed by atoms with Gasteiger partial charge in [-0.2, -0.15) is 0 Å². The quantitative estimate of drug-likeness (QED) is 0.600. The second kappa shape index (κ2) is 7.94. The molecule has 0 bridgehead atoms. The maximum atomic E-state index is 11.9. The predicted molar refractivity (Wildman–Crippen MR) is 94.2 cm³/mol. The molecule has 6 heteroatoms. The fourth-order valence-corrected chi connectivity index (χ4v) is 2.31. The maximum absolute atomic E-state index is 11.9. The third-order valence-electron chi connectivity index (χ3n) is 2.93. The van der Waals surface area contributed by atoms with E-state index in [0.717, 1.165) is 4.47 Å². The Balaban J connectivity index is 2.00. The maximum Gasteiger partial charge on any atom is 0.248 e. The lowest BCUT2D eigenvalue weighted by Gasteiger charge is -2.06. The van der Waals surface area contributed by atoms with Crippen LogP contribution >= 0.6 is 27.5 Å². The highest BCUT2D eigenvalue weighted by molar-refractivity contribution is 9.10. The molecule has 23 heavy (non-hydrogen) atoms. The zero-order valence-electron chi connectivity index (χ0n) is 12.2. The van der Waals surface area contributed by atoms with Crippen LogP contribution in [0.4, 0.5) is 5.69 Å². The highest BCUT2D eigenvalue weighted by Gasteiger charge is 2.05. The molecule has 0 radical (unpaired) electrons. The van der Waals surface area contributed by atoms with Crippen molar-refractivity contribution in [1.29, 1.82) is 0 Å². The number of allylic oxidation sites excluding steroid dienone is 1. The summed E-state index contributed by atoms with van der Waals surface area (Å²) in [5, 5.41) is 3.01. The van der Waals surface area contributed by atoms with Gasteiger partial charge in [0, 0.05) is 21.8 Å². The molecular formula is C17H13BrClNO3. The number of amides is 1. The third-order valence-corrected chi connectivity index (χ3v) is 3.76. The van der Waals surface area contributed by atoms with Gasteiger partial charge in [0.1, 0.15) is 5.75 Å². The van der Waals surface area contributed by atoms with E-state index in [-0.39, 0.29) is 5.78 Å². The van der Waals surface area contributed by atoms with Crippen molar-refractivity contribution < 1.29 is 14.3 Å². The Labute approximate surface area is 147 Å². The summed E-state index contributed by atoms with van der Waals surface area (Å²) in [7, 11) is 1.51. The molecule has 1 amide bonds. The molecule has 0 saturated heterocycles. The number of hydrogen-bond donors (Lipinski definition) is 1. The number of benzene rings is 2. The van der Waals surface area contributed by atoms with Crippen LogP contribution < -0.4 is 10.1 Å². The average Bonchev–Trinajstić information content (AvgIpc) is 2.53. The number of hydrogen-bond acceptors (Lipinski definition) is 3. The highest BCUT2D eigenvalue weighted by Crippen LogP contribution is 2.27. The average molecular weight is 395 g/mol. The number of halogens is 2. The number of nitrogens with one attached hydrogen (secondary N) is 1. The summed E-state index contributed by atoms with van der Waals surface area (Å²) in [4.78, 5) is 23.8. The van der Waals surface area contributed by atoms with Gasteiger partial charge in [-0.1, -0.05) is 27.5 Å². The van der Waals surface area contributed by atoms with E-state index in [1.54, 1.807) is 42.5 Å². The second-order valence-corrected chi connectivity index (χ2v) is 5.87. The Bertz CT molecular complexity index is 757. The molecule has 0 aliphatic carbocycles. The molecule has 2 aromatic carbocycles. The number of carbonyl (C=O) groups excluding carboxylic acids is 2. The van der Waals surface area contributed by atoms with E-state index in [0.29, 0.717) is 22.0 Å². The van der Waals surface area contributed by atoms with Gasteiger partial charge in [0.2, 0.25) is 5.91 Å². The normalized spacial score (nSPS) is 10.6. The number of anilines is 1. The van der Waals surface area contributed by atoms with Gasteiger partial charge < -0.3 is 10.1 Å². The molecule has 118 valence electrons. The monoisotopic (exact) mass is 393 g/mol. The Kier molecular flexibility index (Phi) is 5.96. The first-order chi connectivity index (χ1) is 11.0. The number of ketones is 1. The Hall–Kier alpha value is -2.11. The zero-order chi connectivity index (χ0) is 16.8. The summed E-state index contributed by atoms with van der Waals surface area (Å²) in [6, 6.07) is 11.8. The first-order valence-electron chi connectivity index (χ1n) is 6.62. The lowest BCUT2D eigenvalue weighted by molar-refractivity contribution is -0.111. The van der Waals surface area contributed by atoms with E-state index in [2.05, 4.69) is 21.2 Å². The van der Waals surface area contributed by atoms with E-state index in [1.165, 1.54) is 19.3 Å². The van der Waals surface area contributed by atoms with Crippen LogP contribution in [0.5, 0.6) is 5.75 Å². The van der Waals surface area contributed by atoms with Crippen molar-refractivity contribution in [1.82, 2.24) is 0 Å². The van der Waals surface area contributed by atoms with E-state index in [1.807, 2.05) is 0 Å². The number of carbonyl (C=O) groups is 2. The number of methoxy groups -OCH3 is 1. The fourth-order valence-electron chi connectivity index (χ4n) is 1.79. The minimum atomic E-state index is -0.420. The standard InChI is InChI=1S/C17H13BrClNO3/c1-23-16-8-6-13(10-14(16)19)20-17(22)9-7-15(21)11-2-4-12(18)5-3-11/h2-10H,1H3,(H,20,22)/b9-7+. The van der Waals surface area contributed by atoms with Crippen LogP contribution in [0.3, 0.4) is 0 Å². The van der Waals surface area contributed by atoms with Gasteiger partial charge >= 0.3 is 0 Å². The van der Waals surface area contributed by atoms with E-state index in [9.17, 15) is 9.59 Å². The summed E-state index contributed by atoms with van der Waals surface area (Å²) in [5.74, 6) is -0.150. The second-order valence-electron chi connectivity index (χ2n) is 4.54. The lowest BCUT2D eigenvalue weighted by Crippen LogP contribution is -2.08. The molecule has 0 aromatic heterocycles. The molecule has 0 unspecified atom stereocenters. The SMILES string of the molecule is COc1ccc(NC(=O)/C=C/C(=O)c2ccc(Br)cc2)cc1Cl. The van der Waals surface area contributed by atoms with Gasteiger partial charge in [-0.15, -0.1) is 0 Å². The molecule has 2 rings (SSSR count). The summed E-state index contributed by atoms with van der Waals surface area (Å²) in [5.41, 5.74) is 1.02. The van der Waals surface area contributed by atoms with E-state index in [4.69, 9.17) is 16.3 Å². The Morgan fingerprint density at radius 1 is 1.13 bits per heavy atom. The molecule has 0 atom stereocenters. The van der Waals surface area contributed by atoms with Gasteiger partial charge in [0.15, 0.2) is 5.78 Å². The van der Waals surface area contributed by atoms with Crippen LogP contribution in [0.2, 0.25) is 5.02 Å². The highest BCUT2D eigenvalue weighted by atomic mass is 79.9. The number of rotatable bonds is 5. The molecule has 0 saturated carbocycles. The predicted octanol–water partition coefficient (Wildman–Crippen LogP) is 4.49. The molecule has 2 aromatic rings. The van der Waals surface area contributed by atoms with Crippen molar-refractivity contribution in [3.8, 4) is 5.75 Å². The van der Waals surface area contributed by atoms with Crippen molar-refractivity contribution in [2.24, 2.45) is 0 Å². The zero-order valence-corrected chi connectivity index (χ0v) is 14.5. The van der Waals surface area contributed by atoms with E-state index >= 15 is 0 Å². The molecule has 0 aliphatic rings. The van der Waals surface area contributed by atoms with Crippen LogP contribution in [0.25, 0.3) is 0 Å². The first-order valence-corrected chi connectivity index (χ1v) is 7.79. The van der Waals surface area contributed by atoms with Crippen molar-refractivity contribution in [3.63, 3.8) is 0 Å². The minimum absolute atomic E-state index is 0.250. The van der Waals surface area contributed by atoms with Crippen molar-refractivity contribution >= 4 is 44.9 Å². The van der Waals surface area contributed by atoms with Crippen LogP contribution in [0, 0.1) is 0 Å². The smallest absolute Gasteiger partial charge is 0.248 e. The van der Waals surface area contributed by atoms with Crippen molar-refractivity contribution in [2.75, 3.05) is 12.4 Å². The number of ether oxygens (including phenoxy) is 1. The molecular weight excluding hydrogens is 382 g/mol. The van der Waals surface area contributed by atoms with Crippen LogP contribution in [-0.2, 0) is 4.79 Å². The molecule has 0 fully saturated rings. The van der Waals surface area contributed by atoms with E-state index < -0.39 is 5.91 Å². The summed E-state index contributed by atoms with van der Waals surface area (Å²) in [6.45, 7) is 0. The molecule has 0 heterocycles. The Morgan fingerprint density at radius 2 is 1.83 bits per heavy atom. The fraction of sp³-hybridized carbons (Fsp3) is 0.0588. The Morgan fingerprint density at radius 3 is 2.43 bits per heavy atom. The summed E-state index contributed by atoms with van der Waals surface area (Å²) < 4.78 is 5.92. The first kappa shape index (κ1) is 17.2. The van der Waals surface area contributed by atoms with Crippen molar-refractivity contribution in [3.05, 3.63) is 69.7 Å². The minimum Gasteiger partial charge on any atom is -0.495 e. The third kappa shape index (κ3) is 4.94. The molecule has 0 spiro atoms. The van der Waals surface area contributed by atoms with Crippen LogP contribution in [0.15, 0.2) is 59.1 Å². The molecule has 0 aliphatic heterocycles. The van der Waals surface area contributed by atoms with Gasteiger partial charge in [-0.3, -0.25) is 9.59 Å². The summed E-state index contributed by atoms with van der Waals surface area (Å²) in [6.07, 6.45) is 2.41. The molecule has 4 nitrogen and oxygen atoms in total. The van der Waals surface area contributed by atoms with Gasteiger partial charge in [-0.25, -0.2) is 0 Å².